The molecule has 0 spiro atoms. The molecule has 0 radical (unpaired) electrons. The molecule has 1 unspecified atom stereocenters. The number of benzene rings is 1. The Morgan fingerprint density at radius 3 is 2.41 bits per heavy atom. The lowest BCUT2D eigenvalue weighted by molar-refractivity contribution is 0.0891. The van der Waals surface area contributed by atoms with Gasteiger partial charge >= 0.3 is 0 Å². The lowest BCUT2D eigenvalue weighted by Gasteiger charge is -2.32. The van der Waals surface area contributed by atoms with Crippen LogP contribution in [0.15, 0.2) is 30.5 Å². The minimum absolute atomic E-state index is 0.00269. The van der Waals surface area contributed by atoms with Gasteiger partial charge in [-0.25, -0.2) is 0 Å². The third kappa shape index (κ3) is 6.97. The first-order valence-electron chi connectivity index (χ1n) is 14.5. The Morgan fingerprint density at radius 2 is 1.84 bits per heavy atom. The molecule has 37 heavy (non-hydrogen) atoms. The van der Waals surface area contributed by atoms with Crippen LogP contribution in [0, 0.1) is 12.8 Å². The zero-order valence-electron chi connectivity index (χ0n) is 24.0. The quantitative estimate of drug-likeness (QED) is 0.291. The summed E-state index contributed by atoms with van der Waals surface area (Å²) in [5.74, 6) is 1.24. The fourth-order valence-electron chi connectivity index (χ4n) is 5.49. The predicted octanol–water partition coefficient (Wildman–Crippen LogP) is 5.53. The van der Waals surface area contributed by atoms with Gasteiger partial charge in [-0.05, 0) is 100 Å². The normalized spacial score (nSPS) is 14.7. The molecule has 0 bridgehead atoms. The predicted molar refractivity (Wildman–Crippen MR) is 152 cm³/mol. The third-order valence-corrected chi connectivity index (χ3v) is 8.36. The average Bonchev–Trinajstić information content (AvgIpc) is 3.68. The van der Waals surface area contributed by atoms with E-state index in [1.807, 2.05) is 6.07 Å². The van der Waals surface area contributed by atoms with E-state index in [0.29, 0.717) is 19.1 Å². The van der Waals surface area contributed by atoms with Crippen molar-refractivity contribution in [1.82, 2.24) is 14.8 Å². The summed E-state index contributed by atoms with van der Waals surface area (Å²) in [5.41, 5.74) is 4.05. The number of hydrogen-bond donors (Lipinski definition) is 2. The summed E-state index contributed by atoms with van der Waals surface area (Å²) in [6.45, 7) is 17.8. The molecule has 1 heterocycles. The second-order valence-corrected chi connectivity index (χ2v) is 10.5. The number of nitrogens with one attached hydrogen (secondary N) is 1. The fraction of sp³-hybridized carbons (Fsp3) is 0.645. The maximum Gasteiger partial charge on any atom is 0.267 e. The van der Waals surface area contributed by atoms with Crippen LogP contribution in [-0.2, 0) is 12.0 Å². The Morgan fingerprint density at radius 1 is 1.14 bits per heavy atom. The fourth-order valence-corrected chi connectivity index (χ4v) is 5.49. The van der Waals surface area contributed by atoms with Crippen molar-refractivity contribution >= 4 is 5.91 Å². The molecule has 2 aromatic rings. The van der Waals surface area contributed by atoms with Crippen molar-refractivity contribution in [2.75, 3.05) is 32.8 Å². The number of carbonyl (C=O) groups is 1. The number of aromatic nitrogens is 1. The summed E-state index contributed by atoms with van der Waals surface area (Å²) in [5, 5.41) is 13.3. The number of nitrogens with zero attached hydrogens (tertiary/aromatic N) is 2. The van der Waals surface area contributed by atoms with Gasteiger partial charge in [0.15, 0.2) is 0 Å². The highest BCUT2D eigenvalue weighted by molar-refractivity contribution is 5.93. The molecule has 1 atom stereocenters. The molecule has 206 valence electrons. The van der Waals surface area contributed by atoms with E-state index in [1.54, 1.807) is 0 Å². The van der Waals surface area contributed by atoms with Gasteiger partial charge < -0.3 is 24.6 Å². The van der Waals surface area contributed by atoms with E-state index >= 15 is 0 Å². The van der Waals surface area contributed by atoms with Crippen LogP contribution in [0.4, 0.5) is 0 Å². The molecule has 6 heteroatoms. The van der Waals surface area contributed by atoms with Gasteiger partial charge in [0.05, 0.1) is 6.10 Å². The highest BCUT2D eigenvalue weighted by Gasteiger charge is 2.34. The van der Waals surface area contributed by atoms with E-state index in [2.05, 4.69) is 80.7 Å². The minimum Gasteiger partial charge on any atom is -0.491 e. The van der Waals surface area contributed by atoms with E-state index in [4.69, 9.17) is 4.74 Å². The second-order valence-electron chi connectivity index (χ2n) is 10.5. The van der Waals surface area contributed by atoms with Crippen LogP contribution in [0.3, 0.4) is 0 Å². The van der Waals surface area contributed by atoms with E-state index in [9.17, 15) is 9.90 Å². The van der Waals surface area contributed by atoms with Gasteiger partial charge in [-0.1, -0.05) is 39.8 Å². The van der Waals surface area contributed by atoms with Crippen LogP contribution in [0.5, 0.6) is 5.75 Å². The van der Waals surface area contributed by atoms with Gasteiger partial charge in [0.25, 0.3) is 5.91 Å². The molecule has 1 aliphatic carbocycles. The Hall–Kier alpha value is -2.31. The molecule has 3 rings (SSSR count). The first-order valence-corrected chi connectivity index (χ1v) is 14.5. The summed E-state index contributed by atoms with van der Waals surface area (Å²) in [6.07, 6.45) is 6.82. The van der Waals surface area contributed by atoms with Crippen LogP contribution in [0.25, 0.3) is 0 Å². The highest BCUT2D eigenvalue weighted by atomic mass is 16.5. The number of carbonyl (C=O) groups excluding carboxylic acids is 1. The maximum absolute atomic E-state index is 13.2. The van der Waals surface area contributed by atoms with Gasteiger partial charge in [0, 0.05) is 24.7 Å². The van der Waals surface area contributed by atoms with E-state index in [-0.39, 0.29) is 17.4 Å². The SMILES string of the molecule is CCN(CC)CCCNC(=O)c1cc(C(CC)(CC)c2ccc(OCC(O)C3CC3)c(C)c2)cn1CC. The van der Waals surface area contributed by atoms with Crippen molar-refractivity contribution in [2.45, 2.75) is 91.7 Å². The van der Waals surface area contributed by atoms with Crippen LogP contribution >= 0.6 is 0 Å². The topological polar surface area (TPSA) is 66.7 Å². The molecule has 1 aromatic carbocycles. The molecular formula is C31H49N3O3. The Bertz CT molecular complexity index is 1000. The number of aryl methyl sites for hydroxylation is 2. The Balaban J connectivity index is 1.77. The summed E-state index contributed by atoms with van der Waals surface area (Å²) < 4.78 is 8.06. The first kappa shape index (κ1) is 29.2. The molecule has 0 saturated heterocycles. The first-order chi connectivity index (χ1) is 17.8. The lowest BCUT2D eigenvalue weighted by Crippen LogP contribution is -2.30. The summed E-state index contributed by atoms with van der Waals surface area (Å²) in [7, 11) is 0. The number of aliphatic hydroxyl groups excluding tert-OH is 1. The molecule has 1 aromatic heterocycles. The van der Waals surface area contributed by atoms with Crippen molar-refractivity contribution in [3.8, 4) is 5.75 Å². The lowest BCUT2D eigenvalue weighted by atomic mass is 9.71. The van der Waals surface area contributed by atoms with Crippen molar-refractivity contribution in [3.05, 3.63) is 52.8 Å². The average molecular weight is 512 g/mol. The van der Waals surface area contributed by atoms with Crippen molar-refractivity contribution in [3.63, 3.8) is 0 Å². The van der Waals surface area contributed by atoms with Gasteiger partial charge in [0.2, 0.25) is 0 Å². The van der Waals surface area contributed by atoms with Gasteiger partial charge in [0.1, 0.15) is 18.1 Å². The van der Waals surface area contributed by atoms with Crippen LogP contribution in [0.2, 0.25) is 0 Å². The molecule has 1 amide bonds. The second kappa shape index (κ2) is 13.5. The largest absolute Gasteiger partial charge is 0.491 e. The smallest absolute Gasteiger partial charge is 0.267 e. The van der Waals surface area contributed by atoms with Crippen LogP contribution in [-0.4, -0.2) is 59.4 Å². The Kier molecular flexibility index (Phi) is 10.7. The van der Waals surface area contributed by atoms with Crippen molar-refractivity contribution in [2.24, 2.45) is 5.92 Å². The van der Waals surface area contributed by atoms with E-state index in [0.717, 1.165) is 75.3 Å². The molecular weight excluding hydrogens is 462 g/mol. The monoisotopic (exact) mass is 511 g/mol. The molecule has 1 aliphatic rings. The van der Waals surface area contributed by atoms with Gasteiger partial charge in [-0.15, -0.1) is 0 Å². The van der Waals surface area contributed by atoms with Crippen molar-refractivity contribution in [1.29, 1.82) is 0 Å². The Labute approximate surface area is 224 Å². The summed E-state index contributed by atoms with van der Waals surface area (Å²) in [4.78, 5) is 15.5. The molecule has 2 N–H and O–H groups in total. The number of rotatable bonds is 16. The van der Waals surface area contributed by atoms with Crippen molar-refractivity contribution < 1.29 is 14.6 Å². The molecule has 1 saturated carbocycles. The van der Waals surface area contributed by atoms with Gasteiger partial charge in [-0.2, -0.15) is 0 Å². The number of ether oxygens (including phenoxy) is 1. The minimum atomic E-state index is -0.375. The number of hydrogen-bond acceptors (Lipinski definition) is 4. The maximum atomic E-state index is 13.2. The van der Waals surface area contributed by atoms with Crippen LogP contribution in [0.1, 0.15) is 93.9 Å². The molecule has 6 nitrogen and oxygen atoms in total. The van der Waals surface area contributed by atoms with E-state index < -0.39 is 0 Å². The number of aliphatic hydroxyl groups is 1. The molecule has 0 aliphatic heterocycles. The third-order valence-electron chi connectivity index (χ3n) is 8.36. The highest BCUT2D eigenvalue weighted by Crippen LogP contribution is 2.41. The molecule has 1 fully saturated rings. The van der Waals surface area contributed by atoms with Crippen LogP contribution < -0.4 is 10.1 Å². The number of amides is 1. The summed E-state index contributed by atoms with van der Waals surface area (Å²) >= 11 is 0. The zero-order valence-corrected chi connectivity index (χ0v) is 24.0. The van der Waals surface area contributed by atoms with E-state index in [1.165, 1.54) is 11.1 Å². The standard InChI is InChI=1S/C31H49N3O3/c1-7-31(8-2,25-15-16-29(23(6)19-25)37-22-28(35)24-13-14-24)26-20-27(34(11-5)21-26)30(36)32-17-12-18-33(9-3)10-4/h15-16,19-21,24,28,35H,7-14,17-18,22H2,1-6H3,(H,32,36). The van der Waals surface area contributed by atoms with Gasteiger partial charge in [-0.3, -0.25) is 4.79 Å². The zero-order chi connectivity index (χ0) is 27.0. The summed E-state index contributed by atoms with van der Waals surface area (Å²) in [6, 6.07) is 8.53.